The van der Waals surface area contributed by atoms with Gasteiger partial charge >= 0.3 is 0 Å². The third kappa shape index (κ3) is 2.44. The topological polar surface area (TPSA) is 37.3 Å². The van der Waals surface area contributed by atoms with Crippen LogP contribution >= 0.6 is 0 Å². The van der Waals surface area contributed by atoms with Crippen molar-refractivity contribution in [3.05, 3.63) is 0 Å². The van der Waals surface area contributed by atoms with Gasteiger partial charge in [0, 0.05) is 0 Å². The molecule has 2 atom stereocenters. The van der Waals surface area contributed by atoms with Gasteiger partial charge in [-0.05, 0) is 13.8 Å². The summed E-state index contributed by atoms with van der Waals surface area (Å²) in [4.78, 5) is 0. The van der Waals surface area contributed by atoms with Crippen LogP contribution < -0.4 is 0 Å². The van der Waals surface area contributed by atoms with Crippen molar-refractivity contribution in [1.82, 2.24) is 0 Å². The SMILES string of the molecule is CC(C)(C(F)C(F)F)S(=O)O. The molecule has 6 heteroatoms. The van der Waals surface area contributed by atoms with Crippen molar-refractivity contribution in [3.63, 3.8) is 0 Å². The van der Waals surface area contributed by atoms with E-state index in [0.717, 1.165) is 13.8 Å². The Morgan fingerprint density at radius 3 is 1.82 bits per heavy atom. The predicted molar refractivity (Wildman–Crippen MR) is 35.8 cm³/mol. The maximum Gasteiger partial charge on any atom is 0.270 e. The number of alkyl halides is 3. The molecule has 0 aliphatic carbocycles. The third-order valence-corrected chi connectivity index (χ3v) is 2.46. The van der Waals surface area contributed by atoms with E-state index >= 15 is 0 Å². The molecular formula is C5H9F3O2S. The van der Waals surface area contributed by atoms with E-state index in [9.17, 15) is 17.4 Å². The highest BCUT2D eigenvalue weighted by Crippen LogP contribution is 2.24. The van der Waals surface area contributed by atoms with Gasteiger partial charge in [0.2, 0.25) is 0 Å². The van der Waals surface area contributed by atoms with Crippen LogP contribution in [0.25, 0.3) is 0 Å². The van der Waals surface area contributed by atoms with Gasteiger partial charge in [0.15, 0.2) is 17.3 Å². The van der Waals surface area contributed by atoms with E-state index in [1.165, 1.54) is 0 Å². The van der Waals surface area contributed by atoms with Crippen LogP contribution in [-0.4, -0.2) is 26.1 Å². The summed E-state index contributed by atoms with van der Waals surface area (Å²) < 4.78 is 52.6. The highest BCUT2D eigenvalue weighted by atomic mass is 32.2. The molecule has 0 radical (unpaired) electrons. The van der Waals surface area contributed by atoms with Crippen LogP contribution in [-0.2, 0) is 11.1 Å². The molecule has 0 aromatic heterocycles. The van der Waals surface area contributed by atoms with Crippen LogP contribution in [0.15, 0.2) is 0 Å². The van der Waals surface area contributed by atoms with E-state index in [1.807, 2.05) is 0 Å². The van der Waals surface area contributed by atoms with Crippen LogP contribution in [0.4, 0.5) is 13.2 Å². The van der Waals surface area contributed by atoms with Crippen molar-refractivity contribution in [3.8, 4) is 0 Å². The minimum Gasteiger partial charge on any atom is -0.306 e. The van der Waals surface area contributed by atoms with E-state index in [1.54, 1.807) is 0 Å². The Kier molecular flexibility index (Phi) is 3.50. The molecular weight excluding hydrogens is 181 g/mol. The lowest BCUT2D eigenvalue weighted by atomic mass is 10.1. The molecule has 0 rings (SSSR count). The normalized spacial score (nSPS) is 18.5. The number of hydrogen-bond acceptors (Lipinski definition) is 1. The molecule has 0 saturated heterocycles. The molecule has 0 amide bonds. The van der Waals surface area contributed by atoms with Gasteiger partial charge in [-0.1, -0.05) is 0 Å². The average Bonchev–Trinajstić information content (AvgIpc) is 1.85. The maximum atomic E-state index is 12.5. The lowest BCUT2D eigenvalue weighted by Gasteiger charge is -2.23. The predicted octanol–water partition coefficient (Wildman–Crippen LogP) is 1.59. The molecule has 2 nitrogen and oxygen atoms in total. The van der Waals surface area contributed by atoms with Crippen molar-refractivity contribution in [2.24, 2.45) is 0 Å². The van der Waals surface area contributed by atoms with Gasteiger partial charge in [-0.25, -0.2) is 17.4 Å². The fourth-order valence-electron chi connectivity index (χ4n) is 0.400. The molecule has 0 saturated carbocycles. The first-order valence-corrected chi connectivity index (χ1v) is 3.94. The van der Waals surface area contributed by atoms with Crippen LogP contribution in [0.5, 0.6) is 0 Å². The van der Waals surface area contributed by atoms with Crippen LogP contribution in [0.3, 0.4) is 0 Å². The molecule has 11 heavy (non-hydrogen) atoms. The second kappa shape index (κ2) is 3.53. The minimum absolute atomic E-state index is 0.972. The third-order valence-electron chi connectivity index (χ3n) is 1.34. The average molecular weight is 190 g/mol. The highest BCUT2D eigenvalue weighted by Gasteiger charge is 2.41. The molecule has 0 aliphatic heterocycles. The molecule has 0 aliphatic rings. The quantitative estimate of drug-likeness (QED) is 0.686. The van der Waals surface area contributed by atoms with Crippen molar-refractivity contribution in [2.45, 2.75) is 31.2 Å². The summed E-state index contributed by atoms with van der Waals surface area (Å²) in [5.74, 6) is 0. The van der Waals surface area contributed by atoms with E-state index in [-0.39, 0.29) is 0 Å². The zero-order valence-electron chi connectivity index (χ0n) is 6.05. The smallest absolute Gasteiger partial charge is 0.270 e. The summed E-state index contributed by atoms with van der Waals surface area (Å²) in [7, 11) is 0. The molecule has 1 N–H and O–H groups in total. The summed E-state index contributed by atoms with van der Waals surface area (Å²) in [5, 5.41) is 0. The Hall–Kier alpha value is -0.100. The van der Waals surface area contributed by atoms with Gasteiger partial charge in [-0.15, -0.1) is 0 Å². The zero-order chi connectivity index (χ0) is 9.23. The monoisotopic (exact) mass is 190 g/mol. The second-order valence-corrected chi connectivity index (χ2v) is 4.14. The highest BCUT2D eigenvalue weighted by molar-refractivity contribution is 7.80. The van der Waals surface area contributed by atoms with Gasteiger partial charge in [-0.2, -0.15) is 0 Å². The molecule has 0 fully saturated rings. The summed E-state index contributed by atoms with van der Waals surface area (Å²) in [6.07, 6.45) is -5.80. The number of halogens is 3. The lowest BCUT2D eigenvalue weighted by molar-refractivity contribution is 0.0318. The first kappa shape index (κ1) is 10.9. The van der Waals surface area contributed by atoms with Gasteiger partial charge in [0.05, 0.1) is 0 Å². The summed E-state index contributed by atoms with van der Waals surface area (Å²) in [6.45, 7) is 1.94. The van der Waals surface area contributed by atoms with Crippen LogP contribution in [0.2, 0.25) is 0 Å². The largest absolute Gasteiger partial charge is 0.306 e. The molecule has 0 heterocycles. The van der Waals surface area contributed by atoms with Gasteiger partial charge in [-0.3, -0.25) is 0 Å². The molecule has 0 aromatic rings. The van der Waals surface area contributed by atoms with E-state index in [0.29, 0.717) is 0 Å². The Balaban J connectivity index is 4.42. The van der Waals surface area contributed by atoms with Crippen molar-refractivity contribution in [2.75, 3.05) is 0 Å². The van der Waals surface area contributed by atoms with Gasteiger partial charge < -0.3 is 4.55 Å². The lowest BCUT2D eigenvalue weighted by Crippen LogP contribution is -2.41. The minimum atomic E-state index is -3.22. The molecule has 0 spiro atoms. The molecule has 0 bridgehead atoms. The Labute approximate surface area is 65.1 Å². The van der Waals surface area contributed by atoms with Crippen molar-refractivity contribution < 1.29 is 21.9 Å². The Morgan fingerprint density at radius 1 is 1.36 bits per heavy atom. The molecule has 2 unspecified atom stereocenters. The second-order valence-electron chi connectivity index (χ2n) is 2.59. The Morgan fingerprint density at radius 2 is 1.73 bits per heavy atom. The summed E-state index contributed by atoms with van der Waals surface area (Å²) >= 11 is -2.58. The molecule has 0 aromatic carbocycles. The van der Waals surface area contributed by atoms with Gasteiger partial charge in [0.25, 0.3) is 6.43 Å². The maximum absolute atomic E-state index is 12.5. The van der Waals surface area contributed by atoms with Crippen LogP contribution in [0.1, 0.15) is 13.8 Å². The van der Waals surface area contributed by atoms with E-state index < -0.39 is 28.4 Å². The Bertz CT molecular complexity index is 160. The standard InChI is InChI=1S/C5H9F3O2S/c1-5(2,11(9)10)3(6)4(7)8/h3-4H,1-2H3,(H,9,10). The zero-order valence-corrected chi connectivity index (χ0v) is 6.87. The summed E-state index contributed by atoms with van der Waals surface area (Å²) in [5.41, 5.74) is 0. The van der Waals surface area contributed by atoms with E-state index in [2.05, 4.69) is 0 Å². The first-order chi connectivity index (χ1) is 4.80. The fraction of sp³-hybridized carbons (Fsp3) is 1.00. The van der Waals surface area contributed by atoms with Crippen molar-refractivity contribution >= 4 is 11.1 Å². The summed E-state index contributed by atoms with van der Waals surface area (Å²) in [6, 6.07) is 0. The number of rotatable bonds is 3. The number of hydrogen-bond donors (Lipinski definition) is 1. The molecule has 68 valence electrons. The van der Waals surface area contributed by atoms with Gasteiger partial charge in [0.1, 0.15) is 4.75 Å². The van der Waals surface area contributed by atoms with Crippen LogP contribution in [0, 0.1) is 0 Å². The van der Waals surface area contributed by atoms with Crippen molar-refractivity contribution in [1.29, 1.82) is 0 Å². The fourth-order valence-corrected chi connectivity index (χ4v) is 0.695. The first-order valence-electron chi connectivity index (χ1n) is 2.83. The van der Waals surface area contributed by atoms with E-state index in [4.69, 9.17) is 4.55 Å².